The number of halogens is 2. The van der Waals surface area contributed by atoms with Crippen LogP contribution in [0, 0.1) is 0 Å². The maximum absolute atomic E-state index is 11.9. The SMILES string of the molecule is O=C(NCCc1ccc(OCCN2CCCC2)c(Br)c1)c1ccc(Br)o1. The summed E-state index contributed by atoms with van der Waals surface area (Å²) in [6.07, 6.45) is 3.33. The highest BCUT2D eigenvalue weighted by molar-refractivity contribution is 9.10. The van der Waals surface area contributed by atoms with Crippen LogP contribution in [0.15, 0.2) is 43.9 Å². The van der Waals surface area contributed by atoms with E-state index in [4.69, 9.17) is 9.15 Å². The third-order valence-electron chi connectivity index (χ3n) is 4.36. The number of carbonyl (C=O) groups is 1. The van der Waals surface area contributed by atoms with Gasteiger partial charge in [-0.15, -0.1) is 0 Å². The van der Waals surface area contributed by atoms with Crippen LogP contribution < -0.4 is 10.1 Å². The molecular weight excluding hydrogens is 464 g/mol. The fourth-order valence-electron chi connectivity index (χ4n) is 2.95. The van der Waals surface area contributed by atoms with Crippen molar-refractivity contribution < 1.29 is 13.9 Å². The topological polar surface area (TPSA) is 54.7 Å². The highest BCUT2D eigenvalue weighted by Gasteiger charge is 2.12. The summed E-state index contributed by atoms with van der Waals surface area (Å²) in [6.45, 7) is 4.59. The molecule has 2 heterocycles. The Morgan fingerprint density at radius 1 is 1.19 bits per heavy atom. The Hall–Kier alpha value is -1.31. The Morgan fingerprint density at radius 3 is 2.69 bits per heavy atom. The zero-order valence-corrected chi connectivity index (χ0v) is 17.6. The summed E-state index contributed by atoms with van der Waals surface area (Å²) in [6, 6.07) is 9.40. The van der Waals surface area contributed by atoms with Crippen LogP contribution in [0.25, 0.3) is 0 Å². The molecule has 5 nitrogen and oxygen atoms in total. The third-order valence-corrected chi connectivity index (χ3v) is 5.40. The van der Waals surface area contributed by atoms with Gasteiger partial charge in [0, 0.05) is 13.1 Å². The van der Waals surface area contributed by atoms with Gasteiger partial charge in [0.1, 0.15) is 12.4 Å². The van der Waals surface area contributed by atoms with Gasteiger partial charge in [-0.25, -0.2) is 0 Å². The lowest BCUT2D eigenvalue weighted by molar-refractivity contribution is 0.0925. The second-order valence-corrected chi connectivity index (χ2v) is 7.91. The third kappa shape index (κ3) is 5.59. The molecule has 0 bridgehead atoms. The van der Waals surface area contributed by atoms with E-state index in [9.17, 15) is 4.79 Å². The van der Waals surface area contributed by atoms with Crippen LogP contribution in [0.1, 0.15) is 29.0 Å². The predicted octanol–water partition coefficient (Wildman–Crippen LogP) is 4.25. The number of hydrogen-bond donors (Lipinski definition) is 1. The molecule has 140 valence electrons. The summed E-state index contributed by atoms with van der Waals surface area (Å²) in [4.78, 5) is 14.4. The molecule has 0 saturated carbocycles. The van der Waals surface area contributed by atoms with E-state index in [1.54, 1.807) is 12.1 Å². The van der Waals surface area contributed by atoms with E-state index in [2.05, 4.69) is 42.1 Å². The lowest BCUT2D eigenvalue weighted by atomic mass is 10.1. The second-order valence-electron chi connectivity index (χ2n) is 6.27. The normalized spacial score (nSPS) is 14.5. The van der Waals surface area contributed by atoms with Crippen molar-refractivity contribution in [3.8, 4) is 5.75 Å². The lowest BCUT2D eigenvalue weighted by Gasteiger charge is -2.16. The smallest absolute Gasteiger partial charge is 0.287 e. The first-order chi connectivity index (χ1) is 12.6. The molecule has 0 aliphatic carbocycles. The van der Waals surface area contributed by atoms with Gasteiger partial charge in [0.05, 0.1) is 4.47 Å². The van der Waals surface area contributed by atoms with Crippen molar-refractivity contribution in [2.45, 2.75) is 19.3 Å². The number of furan rings is 1. The fourth-order valence-corrected chi connectivity index (χ4v) is 3.80. The number of nitrogens with one attached hydrogen (secondary N) is 1. The molecule has 26 heavy (non-hydrogen) atoms. The minimum Gasteiger partial charge on any atom is -0.491 e. The molecule has 1 saturated heterocycles. The van der Waals surface area contributed by atoms with Crippen LogP contribution in [-0.2, 0) is 6.42 Å². The predicted molar refractivity (Wildman–Crippen MR) is 108 cm³/mol. The summed E-state index contributed by atoms with van der Waals surface area (Å²) < 4.78 is 12.6. The lowest BCUT2D eigenvalue weighted by Crippen LogP contribution is -2.25. The standard InChI is InChI=1S/C19H22Br2N2O3/c20-15-13-14(7-8-22-19(24)17-5-6-18(21)26-17)3-4-16(15)25-12-11-23-9-1-2-10-23/h3-6,13H,1-2,7-12H2,(H,22,24). The van der Waals surface area contributed by atoms with Gasteiger partial charge < -0.3 is 14.5 Å². The van der Waals surface area contributed by atoms with E-state index in [0.29, 0.717) is 23.6 Å². The molecule has 1 fully saturated rings. The van der Waals surface area contributed by atoms with Gasteiger partial charge in [0.15, 0.2) is 10.4 Å². The second kappa shape index (κ2) is 9.58. The minimum absolute atomic E-state index is 0.211. The van der Waals surface area contributed by atoms with E-state index in [1.165, 1.54) is 25.9 Å². The van der Waals surface area contributed by atoms with Crippen molar-refractivity contribution in [3.63, 3.8) is 0 Å². The molecule has 1 aliphatic rings. The Balaban J connectivity index is 1.42. The summed E-state index contributed by atoms with van der Waals surface area (Å²) in [5.74, 6) is 0.953. The fraction of sp³-hybridized carbons (Fsp3) is 0.421. The summed E-state index contributed by atoms with van der Waals surface area (Å²) in [5.41, 5.74) is 1.13. The van der Waals surface area contributed by atoms with Crippen LogP contribution in [0.3, 0.4) is 0 Å². The summed E-state index contributed by atoms with van der Waals surface area (Å²) in [7, 11) is 0. The summed E-state index contributed by atoms with van der Waals surface area (Å²) >= 11 is 6.77. The van der Waals surface area contributed by atoms with Gasteiger partial charge in [-0.3, -0.25) is 9.69 Å². The monoisotopic (exact) mass is 484 g/mol. The van der Waals surface area contributed by atoms with E-state index < -0.39 is 0 Å². The van der Waals surface area contributed by atoms with E-state index >= 15 is 0 Å². The Morgan fingerprint density at radius 2 is 2.00 bits per heavy atom. The molecular formula is C19H22Br2N2O3. The zero-order valence-electron chi connectivity index (χ0n) is 14.5. The molecule has 2 aromatic rings. The average Bonchev–Trinajstić information content (AvgIpc) is 3.28. The molecule has 1 N–H and O–H groups in total. The van der Waals surface area contributed by atoms with Crippen LogP contribution in [0.2, 0.25) is 0 Å². The Labute approximate surface area is 170 Å². The first-order valence-electron chi connectivity index (χ1n) is 8.79. The molecule has 1 aromatic carbocycles. The van der Waals surface area contributed by atoms with E-state index in [1.807, 2.05) is 18.2 Å². The number of benzene rings is 1. The molecule has 0 radical (unpaired) electrons. The van der Waals surface area contributed by atoms with Crippen LogP contribution in [0.4, 0.5) is 0 Å². The number of rotatable bonds is 8. The number of carbonyl (C=O) groups excluding carboxylic acids is 1. The van der Waals surface area contributed by atoms with Crippen molar-refractivity contribution in [3.05, 3.63) is 50.8 Å². The first-order valence-corrected chi connectivity index (χ1v) is 10.4. The summed E-state index contributed by atoms with van der Waals surface area (Å²) in [5, 5.41) is 2.85. The largest absolute Gasteiger partial charge is 0.491 e. The van der Waals surface area contributed by atoms with Gasteiger partial charge in [-0.05, 0) is 94.0 Å². The molecule has 1 aromatic heterocycles. The van der Waals surface area contributed by atoms with Crippen molar-refractivity contribution in [2.75, 3.05) is 32.8 Å². The Kier molecular flexibility index (Phi) is 7.16. The molecule has 1 amide bonds. The molecule has 1 aliphatic heterocycles. The maximum atomic E-state index is 11.9. The van der Waals surface area contributed by atoms with Crippen molar-refractivity contribution in [2.24, 2.45) is 0 Å². The number of likely N-dealkylation sites (tertiary alicyclic amines) is 1. The van der Waals surface area contributed by atoms with Crippen LogP contribution >= 0.6 is 31.9 Å². The molecule has 3 rings (SSSR count). The van der Waals surface area contributed by atoms with Crippen LogP contribution in [0.5, 0.6) is 5.75 Å². The van der Waals surface area contributed by atoms with Gasteiger partial charge in [0.2, 0.25) is 0 Å². The Bertz CT molecular complexity index is 742. The molecule has 0 spiro atoms. The van der Waals surface area contributed by atoms with E-state index in [-0.39, 0.29) is 5.91 Å². The number of nitrogens with zero attached hydrogens (tertiary/aromatic N) is 1. The molecule has 7 heteroatoms. The average molecular weight is 486 g/mol. The van der Waals surface area contributed by atoms with Gasteiger partial charge in [0.25, 0.3) is 5.91 Å². The van der Waals surface area contributed by atoms with Crippen molar-refractivity contribution >= 4 is 37.8 Å². The maximum Gasteiger partial charge on any atom is 0.287 e. The molecule has 0 atom stereocenters. The molecule has 0 unspecified atom stereocenters. The number of amides is 1. The highest BCUT2D eigenvalue weighted by Crippen LogP contribution is 2.26. The highest BCUT2D eigenvalue weighted by atomic mass is 79.9. The van der Waals surface area contributed by atoms with Gasteiger partial charge in [-0.1, -0.05) is 6.07 Å². The van der Waals surface area contributed by atoms with Crippen LogP contribution in [-0.4, -0.2) is 43.6 Å². The first kappa shape index (κ1) is 19.5. The number of ether oxygens (including phenoxy) is 1. The van der Waals surface area contributed by atoms with Gasteiger partial charge >= 0.3 is 0 Å². The van der Waals surface area contributed by atoms with Gasteiger partial charge in [-0.2, -0.15) is 0 Å². The minimum atomic E-state index is -0.211. The number of hydrogen-bond acceptors (Lipinski definition) is 4. The quantitative estimate of drug-likeness (QED) is 0.607. The van der Waals surface area contributed by atoms with Crippen molar-refractivity contribution in [1.82, 2.24) is 10.2 Å². The van der Waals surface area contributed by atoms with Crippen molar-refractivity contribution in [1.29, 1.82) is 0 Å². The zero-order chi connectivity index (χ0) is 18.4. The van der Waals surface area contributed by atoms with E-state index in [0.717, 1.165) is 28.8 Å².